The van der Waals surface area contributed by atoms with Crippen LogP contribution >= 0.6 is 0 Å². The molecule has 0 saturated heterocycles. The van der Waals surface area contributed by atoms with Crippen LogP contribution in [0.2, 0.25) is 0 Å². The number of hydrogen-bond donors (Lipinski definition) is 2. The van der Waals surface area contributed by atoms with Crippen molar-refractivity contribution < 1.29 is 9.50 Å². The van der Waals surface area contributed by atoms with Crippen LogP contribution in [-0.4, -0.2) is 14.9 Å². The molecule has 1 unspecified atom stereocenters. The highest BCUT2D eigenvalue weighted by molar-refractivity contribution is 5.31. The Morgan fingerprint density at radius 3 is 2.71 bits per heavy atom. The lowest BCUT2D eigenvalue weighted by Crippen LogP contribution is -2.18. The molecule has 0 amide bonds. The Bertz CT molecular complexity index is 798. The van der Waals surface area contributed by atoms with Crippen molar-refractivity contribution in [2.75, 3.05) is 0 Å². The Hall–Kier alpha value is -2.50. The van der Waals surface area contributed by atoms with Crippen LogP contribution in [0.1, 0.15) is 29.8 Å². The Labute approximate surface area is 140 Å². The number of aromatic nitrogens is 2. The molecule has 0 aliphatic rings. The zero-order valence-electron chi connectivity index (χ0n) is 13.5. The van der Waals surface area contributed by atoms with Gasteiger partial charge in [-0.25, -0.2) is 9.07 Å². The second-order valence-electron chi connectivity index (χ2n) is 5.73. The molecule has 124 valence electrons. The van der Waals surface area contributed by atoms with Crippen LogP contribution in [0.15, 0.2) is 60.8 Å². The molecule has 1 aromatic heterocycles. The summed E-state index contributed by atoms with van der Waals surface area (Å²) < 4.78 is 14.7. The topological polar surface area (TPSA) is 50.1 Å². The first-order valence-corrected chi connectivity index (χ1v) is 7.89. The Morgan fingerprint density at radius 2 is 1.96 bits per heavy atom. The molecule has 0 bridgehead atoms. The summed E-state index contributed by atoms with van der Waals surface area (Å²) in [6, 6.07) is 16.2. The molecular formula is C19H20FN3O. The molecule has 3 rings (SSSR count). The number of benzene rings is 2. The van der Waals surface area contributed by atoms with E-state index in [2.05, 4.69) is 17.3 Å². The SMILES string of the molecule is CC(NCc1ccn(-c2ccc(F)cc2)n1)c1cccc(CO)c1. The van der Waals surface area contributed by atoms with Gasteiger partial charge in [-0.05, 0) is 48.4 Å². The highest BCUT2D eigenvalue weighted by Gasteiger charge is 2.07. The monoisotopic (exact) mass is 325 g/mol. The van der Waals surface area contributed by atoms with Crippen LogP contribution in [-0.2, 0) is 13.2 Å². The first-order chi connectivity index (χ1) is 11.7. The minimum Gasteiger partial charge on any atom is -0.392 e. The lowest BCUT2D eigenvalue weighted by Gasteiger charge is -2.14. The summed E-state index contributed by atoms with van der Waals surface area (Å²) in [6.45, 7) is 2.74. The summed E-state index contributed by atoms with van der Waals surface area (Å²) in [5.41, 5.74) is 3.76. The van der Waals surface area contributed by atoms with Gasteiger partial charge in [0.2, 0.25) is 0 Å². The second-order valence-corrected chi connectivity index (χ2v) is 5.73. The van der Waals surface area contributed by atoms with Crippen molar-refractivity contribution in [2.45, 2.75) is 26.1 Å². The van der Waals surface area contributed by atoms with Crippen molar-refractivity contribution in [3.63, 3.8) is 0 Å². The smallest absolute Gasteiger partial charge is 0.123 e. The quantitative estimate of drug-likeness (QED) is 0.731. The Kier molecular flexibility index (Phi) is 5.03. The first kappa shape index (κ1) is 16.4. The Morgan fingerprint density at radius 1 is 1.17 bits per heavy atom. The third-order valence-electron chi connectivity index (χ3n) is 3.96. The molecular weight excluding hydrogens is 305 g/mol. The predicted molar refractivity (Wildman–Crippen MR) is 91.1 cm³/mol. The van der Waals surface area contributed by atoms with Crippen LogP contribution < -0.4 is 5.32 Å². The van der Waals surface area contributed by atoms with E-state index in [0.29, 0.717) is 6.54 Å². The molecule has 0 radical (unpaired) electrons. The summed E-state index contributed by atoms with van der Waals surface area (Å²) in [7, 11) is 0. The zero-order chi connectivity index (χ0) is 16.9. The molecule has 2 N–H and O–H groups in total. The third kappa shape index (κ3) is 3.88. The number of hydrogen-bond acceptors (Lipinski definition) is 3. The minimum atomic E-state index is -0.258. The highest BCUT2D eigenvalue weighted by Crippen LogP contribution is 2.15. The standard InChI is InChI=1S/C19H20FN3O/c1-14(16-4-2-3-15(11-16)13-24)21-12-18-9-10-23(22-18)19-7-5-17(20)6-8-19/h2-11,14,21,24H,12-13H2,1H3. The molecule has 3 aromatic rings. The van der Waals surface area contributed by atoms with Gasteiger partial charge < -0.3 is 10.4 Å². The zero-order valence-corrected chi connectivity index (χ0v) is 13.5. The van der Waals surface area contributed by atoms with E-state index < -0.39 is 0 Å². The van der Waals surface area contributed by atoms with E-state index in [1.165, 1.54) is 12.1 Å². The highest BCUT2D eigenvalue weighted by atomic mass is 19.1. The van der Waals surface area contributed by atoms with Crippen molar-refractivity contribution >= 4 is 0 Å². The van der Waals surface area contributed by atoms with Gasteiger partial charge in [0.15, 0.2) is 0 Å². The van der Waals surface area contributed by atoms with Crippen molar-refractivity contribution in [1.82, 2.24) is 15.1 Å². The molecule has 5 heteroatoms. The third-order valence-corrected chi connectivity index (χ3v) is 3.96. The van der Waals surface area contributed by atoms with Crippen LogP contribution in [0.4, 0.5) is 4.39 Å². The summed E-state index contributed by atoms with van der Waals surface area (Å²) in [5, 5.41) is 17.1. The van der Waals surface area contributed by atoms with Crippen LogP contribution in [0.25, 0.3) is 5.69 Å². The summed E-state index contributed by atoms with van der Waals surface area (Å²) in [4.78, 5) is 0. The molecule has 24 heavy (non-hydrogen) atoms. The largest absolute Gasteiger partial charge is 0.392 e. The van der Waals surface area contributed by atoms with Crippen molar-refractivity contribution in [2.24, 2.45) is 0 Å². The van der Waals surface area contributed by atoms with E-state index >= 15 is 0 Å². The molecule has 0 fully saturated rings. The lowest BCUT2D eigenvalue weighted by atomic mass is 10.1. The van der Waals surface area contributed by atoms with Crippen molar-refractivity contribution in [3.8, 4) is 5.69 Å². The average Bonchev–Trinajstić information content (AvgIpc) is 3.09. The number of rotatable bonds is 6. The molecule has 0 saturated carbocycles. The van der Waals surface area contributed by atoms with E-state index in [-0.39, 0.29) is 18.5 Å². The second kappa shape index (κ2) is 7.38. The van der Waals surface area contributed by atoms with Gasteiger partial charge in [-0.2, -0.15) is 5.10 Å². The molecule has 1 atom stereocenters. The van der Waals surface area contributed by atoms with Gasteiger partial charge in [-0.3, -0.25) is 0 Å². The molecule has 0 spiro atoms. The van der Waals surface area contributed by atoms with Gasteiger partial charge in [0, 0.05) is 18.8 Å². The van der Waals surface area contributed by atoms with E-state index in [1.54, 1.807) is 16.8 Å². The van der Waals surface area contributed by atoms with E-state index in [9.17, 15) is 9.50 Å². The van der Waals surface area contributed by atoms with Crippen LogP contribution in [0, 0.1) is 5.82 Å². The molecule has 0 aliphatic heterocycles. The average molecular weight is 325 g/mol. The van der Waals surface area contributed by atoms with Gasteiger partial charge in [-0.15, -0.1) is 0 Å². The van der Waals surface area contributed by atoms with Gasteiger partial charge >= 0.3 is 0 Å². The van der Waals surface area contributed by atoms with E-state index in [4.69, 9.17) is 0 Å². The van der Waals surface area contributed by atoms with Crippen molar-refractivity contribution in [3.05, 3.63) is 83.4 Å². The molecule has 1 heterocycles. The number of aliphatic hydroxyl groups excluding tert-OH is 1. The van der Waals surface area contributed by atoms with E-state index in [1.807, 2.05) is 36.5 Å². The molecule has 2 aromatic carbocycles. The van der Waals surface area contributed by atoms with Gasteiger partial charge in [0.05, 0.1) is 18.0 Å². The number of nitrogens with one attached hydrogen (secondary N) is 1. The fraction of sp³-hybridized carbons (Fsp3) is 0.211. The van der Waals surface area contributed by atoms with Crippen LogP contribution in [0.3, 0.4) is 0 Å². The fourth-order valence-corrected chi connectivity index (χ4v) is 2.53. The fourth-order valence-electron chi connectivity index (χ4n) is 2.53. The summed E-state index contributed by atoms with van der Waals surface area (Å²) >= 11 is 0. The summed E-state index contributed by atoms with van der Waals surface area (Å²) in [6.07, 6.45) is 1.86. The van der Waals surface area contributed by atoms with Gasteiger partial charge in [0.1, 0.15) is 5.82 Å². The molecule has 0 aliphatic carbocycles. The number of nitrogens with zero attached hydrogens (tertiary/aromatic N) is 2. The molecule has 4 nitrogen and oxygen atoms in total. The lowest BCUT2D eigenvalue weighted by molar-refractivity contribution is 0.281. The van der Waals surface area contributed by atoms with E-state index in [0.717, 1.165) is 22.5 Å². The minimum absolute atomic E-state index is 0.0443. The van der Waals surface area contributed by atoms with Gasteiger partial charge in [-0.1, -0.05) is 24.3 Å². The number of aliphatic hydroxyl groups is 1. The normalized spacial score (nSPS) is 12.3. The maximum atomic E-state index is 13.0. The predicted octanol–water partition coefficient (Wildman–Crippen LogP) is 3.35. The first-order valence-electron chi connectivity index (χ1n) is 7.89. The number of halogens is 1. The summed E-state index contributed by atoms with van der Waals surface area (Å²) in [5.74, 6) is -0.258. The van der Waals surface area contributed by atoms with Crippen LogP contribution in [0.5, 0.6) is 0 Å². The Balaban J connectivity index is 1.63. The van der Waals surface area contributed by atoms with Crippen molar-refractivity contribution in [1.29, 1.82) is 0 Å². The maximum absolute atomic E-state index is 13.0. The maximum Gasteiger partial charge on any atom is 0.123 e. The van der Waals surface area contributed by atoms with Gasteiger partial charge in [0.25, 0.3) is 0 Å².